The highest BCUT2D eigenvalue weighted by molar-refractivity contribution is 8.04. The van der Waals surface area contributed by atoms with Crippen LogP contribution in [-0.2, 0) is 9.59 Å². The molecule has 1 atom stereocenters. The number of carbonyl (C=O) groups excluding carboxylic acids is 1. The molecule has 3 N–H and O–H groups in total. The normalized spacial score (nSPS) is 20.3. The lowest BCUT2D eigenvalue weighted by atomic mass is 10.1. The highest BCUT2D eigenvalue weighted by Crippen LogP contribution is 2.26. The number of carboxylic acids is 1. The Kier molecular flexibility index (Phi) is 4.57. The molecule has 0 bridgehead atoms. The molecule has 1 unspecified atom stereocenters. The second-order valence-electron chi connectivity index (χ2n) is 3.23. The Bertz CT molecular complexity index is 358. The van der Waals surface area contributed by atoms with Gasteiger partial charge in [0.2, 0.25) is 5.78 Å². The van der Waals surface area contributed by atoms with E-state index in [1.807, 2.05) is 0 Å². The fourth-order valence-corrected chi connectivity index (χ4v) is 2.12. The Morgan fingerprint density at radius 3 is 2.81 bits per heavy atom. The summed E-state index contributed by atoms with van der Waals surface area (Å²) in [5, 5.41) is 27.0. The maximum absolute atomic E-state index is 11.4. The SMILES string of the molecule is O=C(O)CCCSC1=C(O)C=CC(O)C1=O. The van der Waals surface area contributed by atoms with Crippen LogP contribution in [0.15, 0.2) is 22.8 Å². The molecule has 0 aromatic heterocycles. The molecule has 0 aromatic rings. The second-order valence-corrected chi connectivity index (χ2v) is 4.33. The maximum Gasteiger partial charge on any atom is 0.303 e. The quantitative estimate of drug-likeness (QED) is 0.621. The molecular formula is C10H12O5S. The number of aliphatic hydroxyl groups excluding tert-OH is 2. The summed E-state index contributed by atoms with van der Waals surface area (Å²) < 4.78 is 0. The van der Waals surface area contributed by atoms with Crippen LogP contribution < -0.4 is 0 Å². The van der Waals surface area contributed by atoms with Crippen molar-refractivity contribution in [3.63, 3.8) is 0 Å². The fraction of sp³-hybridized carbons (Fsp3) is 0.400. The molecule has 0 heterocycles. The van der Waals surface area contributed by atoms with E-state index in [1.165, 1.54) is 12.2 Å². The summed E-state index contributed by atoms with van der Waals surface area (Å²) in [6, 6.07) is 0. The number of carboxylic acid groups (broad SMARTS) is 1. The molecule has 0 spiro atoms. The largest absolute Gasteiger partial charge is 0.507 e. The third kappa shape index (κ3) is 3.39. The Morgan fingerprint density at radius 2 is 2.19 bits per heavy atom. The highest BCUT2D eigenvalue weighted by Gasteiger charge is 2.24. The maximum atomic E-state index is 11.4. The molecule has 0 saturated heterocycles. The first kappa shape index (κ1) is 12.8. The van der Waals surface area contributed by atoms with E-state index in [-0.39, 0.29) is 17.1 Å². The average molecular weight is 244 g/mol. The average Bonchev–Trinajstić information content (AvgIpc) is 2.22. The lowest BCUT2D eigenvalue weighted by Gasteiger charge is -2.13. The van der Waals surface area contributed by atoms with Crippen molar-refractivity contribution in [1.82, 2.24) is 0 Å². The number of carbonyl (C=O) groups is 2. The van der Waals surface area contributed by atoms with Crippen molar-refractivity contribution in [2.45, 2.75) is 18.9 Å². The van der Waals surface area contributed by atoms with Crippen molar-refractivity contribution >= 4 is 23.5 Å². The number of aliphatic hydroxyl groups is 2. The van der Waals surface area contributed by atoms with E-state index in [9.17, 15) is 19.8 Å². The van der Waals surface area contributed by atoms with Gasteiger partial charge in [-0.05, 0) is 24.3 Å². The summed E-state index contributed by atoms with van der Waals surface area (Å²) in [4.78, 5) is 21.7. The number of aliphatic carboxylic acids is 1. The van der Waals surface area contributed by atoms with Crippen molar-refractivity contribution in [2.24, 2.45) is 0 Å². The number of thioether (sulfide) groups is 1. The minimum Gasteiger partial charge on any atom is -0.507 e. The lowest BCUT2D eigenvalue weighted by Crippen LogP contribution is -2.22. The predicted molar refractivity (Wildman–Crippen MR) is 59.1 cm³/mol. The number of hydrogen-bond acceptors (Lipinski definition) is 5. The van der Waals surface area contributed by atoms with E-state index in [2.05, 4.69) is 0 Å². The third-order valence-corrected chi connectivity index (χ3v) is 3.13. The number of allylic oxidation sites excluding steroid dienone is 1. The van der Waals surface area contributed by atoms with Crippen LogP contribution in [0, 0.1) is 0 Å². The molecule has 88 valence electrons. The van der Waals surface area contributed by atoms with Gasteiger partial charge in [0.1, 0.15) is 11.9 Å². The van der Waals surface area contributed by atoms with Crippen LogP contribution in [0.5, 0.6) is 0 Å². The van der Waals surface area contributed by atoms with Crippen LogP contribution in [0.2, 0.25) is 0 Å². The van der Waals surface area contributed by atoms with Crippen LogP contribution >= 0.6 is 11.8 Å². The zero-order chi connectivity index (χ0) is 12.1. The molecule has 0 saturated carbocycles. The number of hydrogen-bond donors (Lipinski definition) is 3. The molecule has 1 aliphatic carbocycles. The second kappa shape index (κ2) is 5.72. The van der Waals surface area contributed by atoms with Crippen LogP contribution in [0.3, 0.4) is 0 Å². The molecule has 6 heteroatoms. The number of rotatable bonds is 5. The molecule has 0 aromatic carbocycles. The van der Waals surface area contributed by atoms with Crippen molar-refractivity contribution in [3.8, 4) is 0 Å². The number of ketones is 1. The minimum absolute atomic E-state index is 0.0215. The van der Waals surface area contributed by atoms with Crippen LogP contribution in [-0.4, -0.2) is 38.9 Å². The summed E-state index contributed by atoms with van der Waals surface area (Å²) >= 11 is 1.06. The first-order valence-corrected chi connectivity index (χ1v) is 5.69. The summed E-state index contributed by atoms with van der Waals surface area (Å²) in [6.07, 6.45) is 1.69. The van der Waals surface area contributed by atoms with Crippen LogP contribution in [0.1, 0.15) is 12.8 Å². The molecule has 0 fully saturated rings. The molecule has 1 aliphatic rings. The van der Waals surface area contributed by atoms with E-state index in [0.717, 1.165) is 11.8 Å². The standard InChI is InChI=1S/C10H12O5S/c11-6-3-4-7(12)10(9(6)15)16-5-1-2-8(13)14/h3-4,6,11-12H,1-2,5H2,(H,13,14). The summed E-state index contributed by atoms with van der Waals surface area (Å²) in [5.74, 6) is -1.19. The van der Waals surface area contributed by atoms with E-state index in [4.69, 9.17) is 5.11 Å². The topological polar surface area (TPSA) is 94.8 Å². The zero-order valence-electron chi connectivity index (χ0n) is 8.42. The van der Waals surface area contributed by atoms with Gasteiger partial charge in [0.15, 0.2) is 0 Å². The molecule has 1 rings (SSSR count). The first-order chi connectivity index (χ1) is 7.52. The van der Waals surface area contributed by atoms with Gasteiger partial charge in [-0.15, -0.1) is 11.8 Å². The Hall–Kier alpha value is -1.27. The van der Waals surface area contributed by atoms with Crippen molar-refractivity contribution in [2.75, 3.05) is 5.75 Å². The predicted octanol–water partition coefficient (Wildman–Crippen LogP) is 0.854. The van der Waals surface area contributed by atoms with Crippen molar-refractivity contribution in [1.29, 1.82) is 0 Å². The van der Waals surface area contributed by atoms with Gasteiger partial charge in [-0.3, -0.25) is 9.59 Å². The Balaban J connectivity index is 2.49. The van der Waals surface area contributed by atoms with Gasteiger partial charge in [-0.2, -0.15) is 0 Å². The molecule has 16 heavy (non-hydrogen) atoms. The van der Waals surface area contributed by atoms with Crippen molar-refractivity contribution < 1.29 is 24.9 Å². The molecule has 0 aliphatic heterocycles. The molecular weight excluding hydrogens is 232 g/mol. The van der Waals surface area contributed by atoms with Gasteiger partial charge in [-0.25, -0.2) is 0 Å². The summed E-state index contributed by atoms with van der Waals surface area (Å²) in [6.45, 7) is 0. The van der Waals surface area contributed by atoms with Gasteiger partial charge < -0.3 is 15.3 Å². The Morgan fingerprint density at radius 1 is 1.50 bits per heavy atom. The van der Waals surface area contributed by atoms with E-state index in [0.29, 0.717) is 12.2 Å². The molecule has 0 radical (unpaired) electrons. The van der Waals surface area contributed by atoms with Gasteiger partial charge >= 0.3 is 5.97 Å². The number of Topliss-reactive ketones (excluding diaryl/α,β-unsaturated/α-hetero) is 1. The van der Waals surface area contributed by atoms with E-state index in [1.54, 1.807) is 0 Å². The summed E-state index contributed by atoms with van der Waals surface area (Å²) in [7, 11) is 0. The lowest BCUT2D eigenvalue weighted by molar-refractivity contribution is -0.137. The first-order valence-electron chi connectivity index (χ1n) is 4.70. The van der Waals surface area contributed by atoms with Gasteiger partial charge in [0, 0.05) is 6.42 Å². The molecule has 0 amide bonds. The zero-order valence-corrected chi connectivity index (χ0v) is 9.24. The smallest absolute Gasteiger partial charge is 0.303 e. The van der Waals surface area contributed by atoms with Gasteiger partial charge in [-0.1, -0.05) is 0 Å². The van der Waals surface area contributed by atoms with E-state index >= 15 is 0 Å². The minimum atomic E-state index is -1.21. The fourth-order valence-electron chi connectivity index (χ4n) is 1.15. The van der Waals surface area contributed by atoms with E-state index < -0.39 is 17.9 Å². The van der Waals surface area contributed by atoms with Gasteiger partial charge in [0.05, 0.1) is 4.91 Å². The summed E-state index contributed by atoms with van der Waals surface area (Å²) in [5.41, 5.74) is 0. The van der Waals surface area contributed by atoms with Gasteiger partial charge in [0.25, 0.3) is 0 Å². The Labute approximate surface area is 96.5 Å². The molecule has 5 nitrogen and oxygen atoms in total. The monoisotopic (exact) mass is 244 g/mol. The van der Waals surface area contributed by atoms with Crippen LogP contribution in [0.4, 0.5) is 0 Å². The van der Waals surface area contributed by atoms with Crippen molar-refractivity contribution in [3.05, 3.63) is 22.8 Å². The van der Waals surface area contributed by atoms with Crippen LogP contribution in [0.25, 0.3) is 0 Å². The third-order valence-electron chi connectivity index (χ3n) is 1.94. The highest BCUT2D eigenvalue weighted by atomic mass is 32.2.